The first-order valence-corrected chi connectivity index (χ1v) is 11.9. The van der Waals surface area contributed by atoms with E-state index in [1.165, 1.54) is 39.0 Å². The van der Waals surface area contributed by atoms with Crippen LogP contribution in [0.15, 0.2) is 99.9 Å². The van der Waals surface area contributed by atoms with Crippen LogP contribution < -0.4 is 0 Å². The SMILES string of the molecule is Brc1cccc2c1-c1ccccc1C21C2=C([C+]=Cc3c2oc2ccccc32)c2ccccc21. The molecule has 0 amide bonds. The van der Waals surface area contributed by atoms with E-state index in [0.717, 1.165) is 32.3 Å². The van der Waals surface area contributed by atoms with Crippen molar-refractivity contribution < 1.29 is 4.42 Å². The van der Waals surface area contributed by atoms with Crippen LogP contribution in [0.25, 0.3) is 39.3 Å². The van der Waals surface area contributed by atoms with E-state index in [1.54, 1.807) is 0 Å². The minimum absolute atomic E-state index is 0.439. The molecule has 0 aliphatic heterocycles. The van der Waals surface area contributed by atoms with E-state index < -0.39 is 5.41 Å². The van der Waals surface area contributed by atoms with Gasteiger partial charge in [-0.2, -0.15) is 0 Å². The molecule has 1 nitrogen and oxygen atoms in total. The summed E-state index contributed by atoms with van der Waals surface area (Å²) >= 11 is 3.87. The van der Waals surface area contributed by atoms with Crippen LogP contribution >= 0.6 is 15.9 Å². The van der Waals surface area contributed by atoms with Crippen LogP contribution in [0, 0.1) is 6.08 Å². The first-order chi connectivity index (χ1) is 16.3. The Labute approximate surface area is 199 Å². The van der Waals surface area contributed by atoms with E-state index in [-0.39, 0.29) is 0 Å². The second kappa shape index (κ2) is 5.99. The first kappa shape index (κ1) is 17.8. The molecule has 0 N–H and O–H groups in total. The smallest absolute Gasteiger partial charge is 0.225 e. The van der Waals surface area contributed by atoms with Gasteiger partial charge in [0.1, 0.15) is 22.1 Å². The van der Waals surface area contributed by atoms with Gasteiger partial charge in [0.25, 0.3) is 0 Å². The van der Waals surface area contributed by atoms with Gasteiger partial charge in [-0.3, -0.25) is 0 Å². The molecule has 0 saturated heterocycles. The number of hydrogen-bond acceptors (Lipinski definition) is 1. The summed E-state index contributed by atoms with van der Waals surface area (Å²) < 4.78 is 7.76. The van der Waals surface area contributed by atoms with Gasteiger partial charge in [-0.25, -0.2) is 0 Å². The fraction of sp³-hybridized carbons (Fsp3) is 0.0323. The maximum atomic E-state index is 6.64. The van der Waals surface area contributed by atoms with E-state index in [4.69, 9.17) is 4.42 Å². The van der Waals surface area contributed by atoms with Crippen molar-refractivity contribution in [2.75, 3.05) is 0 Å². The highest BCUT2D eigenvalue weighted by molar-refractivity contribution is 9.10. The van der Waals surface area contributed by atoms with Crippen molar-refractivity contribution in [3.63, 3.8) is 0 Å². The first-order valence-electron chi connectivity index (χ1n) is 11.2. The van der Waals surface area contributed by atoms with Crippen molar-refractivity contribution in [3.8, 4) is 11.1 Å². The molecular weight excluding hydrogens is 468 g/mol. The molecule has 1 spiro atoms. The van der Waals surface area contributed by atoms with Gasteiger partial charge >= 0.3 is 0 Å². The minimum atomic E-state index is -0.439. The summed E-state index contributed by atoms with van der Waals surface area (Å²) in [5.74, 6) is 0.962. The van der Waals surface area contributed by atoms with Gasteiger partial charge in [0, 0.05) is 21.7 Å². The van der Waals surface area contributed by atoms with Crippen LogP contribution in [-0.2, 0) is 5.41 Å². The normalized spacial score (nSPS) is 18.7. The number of benzene rings is 4. The second-order valence-corrected chi connectivity index (χ2v) is 9.74. The van der Waals surface area contributed by atoms with Crippen LogP contribution in [0.3, 0.4) is 0 Å². The molecule has 33 heavy (non-hydrogen) atoms. The third-order valence-electron chi connectivity index (χ3n) is 7.47. The number of furan rings is 1. The summed E-state index contributed by atoms with van der Waals surface area (Å²) in [7, 11) is 0. The molecule has 0 radical (unpaired) electrons. The monoisotopic (exact) mass is 483 g/mol. The quantitative estimate of drug-likeness (QED) is 0.202. The van der Waals surface area contributed by atoms with Crippen molar-refractivity contribution in [3.05, 3.63) is 135 Å². The molecule has 0 bridgehead atoms. The molecule has 2 heteroatoms. The Bertz CT molecular complexity index is 1730. The van der Waals surface area contributed by atoms with E-state index in [1.807, 2.05) is 6.07 Å². The Kier molecular flexibility index (Phi) is 3.23. The molecule has 1 atom stereocenters. The molecule has 1 unspecified atom stereocenters. The summed E-state index contributed by atoms with van der Waals surface area (Å²) in [4.78, 5) is 0. The molecule has 0 fully saturated rings. The topological polar surface area (TPSA) is 13.1 Å². The number of hydrogen-bond donors (Lipinski definition) is 0. The predicted molar refractivity (Wildman–Crippen MR) is 137 cm³/mol. The lowest BCUT2D eigenvalue weighted by atomic mass is 9.68. The zero-order chi connectivity index (χ0) is 21.7. The molecule has 8 rings (SSSR count). The third kappa shape index (κ3) is 1.94. The maximum Gasteiger partial charge on any atom is 0.225 e. The summed E-state index contributed by atoms with van der Waals surface area (Å²) in [6, 6.07) is 32.5. The Balaban J connectivity index is 1.61. The van der Waals surface area contributed by atoms with Gasteiger partial charge in [0.2, 0.25) is 5.76 Å². The van der Waals surface area contributed by atoms with Gasteiger partial charge in [0.05, 0.1) is 17.0 Å². The van der Waals surface area contributed by atoms with E-state index >= 15 is 0 Å². The minimum Gasteiger partial charge on any atom is -0.436 e. The Morgan fingerprint density at radius 3 is 2.27 bits per heavy atom. The lowest BCUT2D eigenvalue weighted by Gasteiger charge is -2.28. The molecular formula is C31H16BrO+. The van der Waals surface area contributed by atoms with Crippen LogP contribution in [0.1, 0.15) is 33.6 Å². The Hall–Kier alpha value is -3.71. The molecule has 0 saturated carbocycles. The van der Waals surface area contributed by atoms with E-state index in [9.17, 15) is 0 Å². The average Bonchev–Trinajstić information content (AvgIpc) is 3.48. The second-order valence-electron chi connectivity index (χ2n) is 8.88. The fourth-order valence-corrected chi connectivity index (χ4v) is 6.88. The van der Waals surface area contributed by atoms with Crippen molar-refractivity contribution in [1.29, 1.82) is 0 Å². The predicted octanol–water partition coefficient (Wildman–Crippen LogP) is 8.26. The number of halogens is 1. The molecule has 152 valence electrons. The average molecular weight is 484 g/mol. The standard InChI is InChI=1S/C31H16BrO/c32-26-14-7-13-25-28(26)22-10-2-5-12-24(22)31(25)23-11-4-1-8-18(23)20-16-17-21-19-9-3-6-15-27(19)33-30(21)29(20)31/h1-15,17H/q+1. The zero-order valence-electron chi connectivity index (χ0n) is 17.5. The summed E-state index contributed by atoms with van der Waals surface area (Å²) in [5, 5.41) is 1.14. The number of allylic oxidation sites excluding steroid dienone is 3. The fourth-order valence-electron chi connectivity index (χ4n) is 6.30. The van der Waals surface area contributed by atoms with Crippen molar-refractivity contribution in [2.45, 2.75) is 5.41 Å². The van der Waals surface area contributed by atoms with Crippen molar-refractivity contribution in [1.82, 2.24) is 0 Å². The molecule has 3 aliphatic rings. The summed E-state index contributed by atoms with van der Waals surface area (Å²) in [5.41, 5.74) is 11.6. The van der Waals surface area contributed by atoms with Gasteiger partial charge in [-0.1, -0.05) is 76.6 Å². The van der Waals surface area contributed by atoms with Gasteiger partial charge in [-0.05, 0) is 47.0 Å². The largest absolute Gasteiger partial charge is 0.436 e. The highest BCUT2D eigenvalue weighted by atomic mass is 79.9. The van der Waals surface area contributed by atoms with Crippen LogP contribution in [0.2, 0.25) is 0 Å². The maximum absolute atomic E-state index is 6.64. The van der Waals surface area contributed by atoms with Crippen molar-refractivity contribution >= 4 is 44.1 Å². The van der Waals surface area contributed by atoms with Crippen LogP contribution in [0.4, 0.5) is 0 Å². The Morgan fingerprint density at radius 1 is 0.697 bits per heavy atom. The Morgan fingerprint density at radius 2 is 1.39 bits per heavy atom. The zero-order valence-corrected chi connectivity index (χ0v) is 19.1. The van der Waals surface area contributed by atoms with E-state index in [2.05, 4.69) is 113 Å². The summed E-state index contributed by atoms with van der Waals surface area (Å²) in [6.45, 7) is 0. The third-order valence-corrected chi connectivity index (χ3v) is 8.13. The number of para-hydroxylation sites is 1. The van der Waals surface area contributed by atoms with Gasteiger partial charge in [0.15, 0.2) is 5.57 Å². The molecule has 1 heterocycles. The van der Waals surface area contributed by atoms with Crippen molar-refractivity contribution in [2.24, 2.45) is 0 Å². The lowest BCUT2D eigenvalue weighted by Crippen LogP contribution is -2.27. The van der Waals surface area contributed by atoms with Crippen LogP contribution in [-0.4, -0.2) is 0 Å². The van der Waals surface area contributed by atoms with Gasteiger partial charge in [-0.15, -0.1) is 0 Å². The molecule has 3 aliphatic carbocycles. The van der Waals surface area contributed by atoms with Gasteiger partial charge < -0.3 is 4.42 Å². The number of fused-ring (bicyclic) bond motifs is 13. The highest BCUT2D eigenvalue weighted by Crippen LogP contribution is 2.66. The lowest BCUT2D eigenvalue weighted by molar-refractivity contribution is 0.588. The highest BCUT2D eigenvalue weighted by Gasteiger charge is 2.60. The summed E-state index contributed by atoms with van der Waals surface area (Å²) in [6.07, 6.45) is 5.79. The molecule has 1 aromatic heterocycles. The molecule has 4 aromatic carbocycles. The van der Waals surface area contributed by atoms with Crippen LogP contribution in [0.5, 0.6) is 0 Å². The molecule has 5 aromatic rings. The van der Waals surface area contributed by atoms with E-state index in [0.29, 0.717) is 0 Å². The number of rotatable bonds is 0.